The molecule has 1 unspecified atom stereocenters. The van der Waals surface area contributed by atoms with Crippen molar-refractivity contribution in [3.63, 3.8) is 0 Å². The summed E-state index contributed by atoms with van der Waals surface area (Å²) in [5, 5.41) is 12.6. The van der Waals surface area contributed by atoms with Gasteiger partial charge in [0.2, 0.25) is 0 Å². The van der Waals surface area contributed by atoms with Crippen LogP contribution in [0.5, 0.6) is 5.75 Å². The lowest BCUT2D eigenvalue weighted by molar-refractivity contribution is -0.138. The van der Waals surface area contributed by atoms with Gasteiger partial charge >= 0.3 is 5.97 Å². The lowest BCUT2D eigenvalue weighted by Crippen LogP contribution is -2.32. The molecule has 1 fully saturated rings. The molecule has 0 saturated heterocycles. The van der Waals surface area contributed by atoms with Crippen molar-refractivity contribution >= 4 is 11.7 Å². The van der Waals surface area contributed by atoms with E-state index in [1.807, 2.05) is 24.3 Å². The van der Waals surface area contributed by atoms with Gasteiger partial charge in [-0.05, 0) is 56.9 Å². The van der Waals surface area contributed by atoms with Crippen LogP contribution in [0.15, 0.2) is 24.3 Å². The number of carbonyl (C=O) groups is 1. The highest BCUT2D eigenvalue weighted by Gasteiger charge is 2.26. The first-order chi connectivity index (χ1) is 13.4. The first-order valence-electron chi connectivity index (χ1n) is 11.2. The van der Waals surface area contributed by atoms with Crippen LogP contribution in [0, 0.1) is 5.92 Å². The lowest BCUT2D eigenvalue weighted by Gasteiger charge is -2.32. The second kappa shape index (κ2) is 11.3. The van der Waals surface area contributed by atoms with Crippen molar-refractivity contribution in [2.24, 2.45) is 5.92 Å². The van der Waals surface area contributed by atoms with Gasteiger partial charge in [0.05, 0.1) is 0 Å². The van der Waals surface area contributed by atoms with Crippen LogP contribution in [0.2, 0.25) is 0 Å². The van der Waals surface area contributed by atoms with Crippen LogP contribution in [0.4, 0.5) is 5.69 Å². The van der Waals surface area contributed by atoms with Crippen molar-refractivity contribution < 1.29 is 14.6 Å². The summed E-state index contributed by atoms with van der Waals surface area (Å²) in [7, 11) is 0. The molecule has 0 bridgehead atoms. The zero-order valence-corrected chi connectivity index (χ0v) is 18.0. The van der Waals surface area contributed by atoms with E-state index in [2.05, 4.69) is 26.1 Å². The van der Waals surface area contributed by atoms with Crippen LogP contribution in [-0.4, -0.2) is 22.7 Å². The zero-order chi connectivity index (χ0) is 20.4. The molecule has 0 aromatic heterocycles. The van der Waals surface area contributed by atoms with E-state index in [9.17, 15) is 9.90 Å². The summed E-state index contributed by atoms with van der Waals surface area (Å²) in [5.41, 5.74) is 0.653. The van der Waals surface area contributed by atoms with Gasteiger partial charge in [-0.3, -0.25) is 0 Å². The third-order valence-electron chi connectivity index (χ3n) is 5.74. The van der Waals surface area contributed by atoms with Gasteiger partial charge in [0.15, 0.2) is 0 Å². The predicted molar refractivity (Wildman–Crippen MR) is 116 cm³/mol. The number of unbranched alkanes of at least 4 members (excludes halogenated alkanes) is 3. The minimum absolute atomic E-state index is 0.181. The second-order valence-corrected chi connectivity index (χ2v) is 8.98. The van der Waals surface area contributed by atoms with Gasteiger partial charge in [-0.15, -0.1) is 0 Å². The highest BCUT2D eigenvalue weighted by atomic mass is 16.5. The van der Waals surface area contributed by atoms with Crippen molar-refractivity contribution in [3.05, 3.63) is 24.3 Å². The maximum atomic E-state index is 11.5. The first-order valence-corrected chi connectivity index (χ1v) is 11.2. The van der Waals surface area contributed by atoms with Gasteiger partial charge < -0.3 is 15.2 Å². The van der Waals surface area contributed by atoms with Crippen LogP contribution in [0.1, 0.15) is 91.4 Å². The summed E-state index contributed by atoms with van der Waals surface area (Å²) in [6, 6.07) is 7.20. The average Bonchev–Trinajstić information content (AvgIpc) is 2.65. The SMILES string of the molecule is CCCCCCC(Nc1ccc(OC(C)(C)CC2CCCCC2)cc1)C(=O)O. The molecule has 1 atom stereocenters. The Morgan fingerprint density at radius 3 is 2.43 bits per heavy atom. The first kappa shape index (κ1) is 22.6. The van der Waals surface area contributed by atoms with Crippen molar-refractivity contribution in [1.29, 1.82) is 0 Å². The minimum atomic E-state index is -0.787. The molecule has 1 saturated carbocycles. The fourth-order valence-electron chi connectivity index (χ4n) is 4.30. The Morgan fingerprint density at radius 1 is 1.14 bits per heavy atom. The highest BCUT2D eigenvalue weighted by Crippen LogP contribution is 2.33. The molecule has 2 rings (SSSR count). The number of carboxylic acid groups (broad SMARTS) is 1. The third kappa shape index (κ3) is 8.12. The smallest absolute Gasteiger partial charge is 0.326 e. The van der Waals surface area contributed by atoms with Gasteiger partial charge in [-0.1, -0.05) is 64.7 Å². The van der Waals surface area contributed by atoms with E-state index in [4.69, 9.17) is 4.74 Å². The number of hydrogen-bond acceptors (Lipinski definition) is 3. The van der Waals surface area contributed by atoms with E-state index in [-0.39, 0.29) is 5.60 Å². The summed E-state index contributed by atoms with van der Waals surface area (Å²) in [4.78, 5) is 11.5. The van der Waals surface area contributed by atoms with Gasteiger partial charge in [0, 0.05) is 5.69 Å². The predicted octanol–water partition coefficient (Wildman–Crippen LogP) is 6.65. The van der Waals surface area contributed by atoms with Gasteiger partial charge in [0.1, 0.15) is 17.4 Å². The van der Waals surface area contributed by atoms with Gasteiger partial charge in [-0.2, -0.15) is 0 Å². The van der Waals surface area contributed by atoms with Gasteiger partial charge in [-0.25, -0.2) is 4.79 Å². The molecule has 1 aromatic rings. The maximum Gasteiger partial charge on any atom is 0.326 e. The van der Waals surface area contributed by atoms with Crippen LogP contribution in [0.3, 0.4) is 0 Å². The summed E-state index contributed by atoms with van der Waals surface area (Å²) in [6.45, 7) is 6.50. The molecule has 28 heavy (non-hydrogen) atoms. The minimum Gasteiger partial charge on any atom is -0.488 e. The molecule has 2 N–H and O–H groups in total. The topological polar surface area (TPSA) is 58.6 Å². The summed E-state index contributed by atoms with van der Waals surface area (Å²) < 4.78 is 6.26. The van der Waals surface area contributed by atoms with Gasteiger partial charge in [0.25, 0.3) is 0 Å². The Morgan fingerprint density at radius 2 is 1.82 bits per heavy atom. The van der Waals surface area contributed by atoms with Crippen molar-refractivity contribution in [2.75, 3.05) is 5.32 Å². The Labute approximate surface area is 171 Å². The Bertz CT molecular complexity index is 576. The lowest BCUT2D eigenvalue weighted by atomic mass is 9.82. The van der Waals surface area contributed by atoms with Crippen LogP contribution >= 0.6 is 0 Å². The fourth-order valence-corrected chi connectivity index (χ4v) is 4.30. The molecule has 1 aliphatic carbocycles. The number of benzene rings is 1. The van der Waals surface area contributed by atoms with E-state index in [0.29, 0.717) is 6.42 Å². The van der Waals surface area contributed by atoms with E-state index in [1.165, 1.54) is 32.1 Å². The number of hydrogen-bond donors (Lipinski definition) is 2. The molecule has 158 valence electrons. The molecule has 1 aromatic carbocycles. The number of nitrogens with one attached hydrogen (secondary N) is 1. The van der Waals surface area contributed by atoms with Crippen LogP contribution in [-0.2, 0) is 4.79 Å². The van der Waals surface area contributed by atoms with E-state index >= 15 is 0 Å². The Hall–Kier alpha value is -1.71. The fraction of sp³-hybridized carbons (Fsp3) is 0.708. The molecule has 0 radical (unpaired) electrons. The molecule has 0 heterocycles. The molecule has 4 heteroatoms. The van der Waals surface area contributed by atoms with Crippen molar-refractivity contribution in [3.8, 4) is 5.75 Å². The number of ether oxygens (including phenoxy) is 1. The van der Waals surface area contributed by atoms with E-state index < -0.39 is 12.0 Å². The Kier molecular flexibility index (Phi) is 9.14. The standard InChI is InChI=1S/C24H39NO3/c1-4-5-6-10-13-22(23(26)27)25-20-14-16-21(17-15-20)28-24(2,3)18-19-11-8-7-9-12-19/h14-17,19,22,25H,4-13,18H2,1-3H3,(H,26,27). The summed E-state index contributed by atoms with van der Waals surface area (Å²) >= 11 is 0. The second-order valence-electron chi connectivity index (χ2n) is 8.98. The molecule has 0 spiro atoms. The number of aliphatic carboxylic acids is 1. The maximum absolute atomic E-state index is 11.5. The monoisotopic (exact) mass is 389 g/mol. The molecule has 0 amide bonds. The third-order valence-corrected chi connectivity index (χ3v) is 5.74. The number of anilines is 1. The molecule has 4 nitrogen and oxygen atoms in total. The molecule has 1 aliphatic rings. The number of rotatable bonds is 12. The highest BCUT2D eigenvalue weighted by molar-refractivity contribution is 5.77. The largest absolute Gasteiger partial charge is 0.488 e. The number of carboxylic acids is 1. The van der Waals surface area contributed by atoms with Crippen LogP contribution < -0.4 is 10.1 Å². The summed E-state index contributed by atoms with van der Waals surface area (Å²) in [6.07, 6.45) is 12.8. The molecule has 0 aliphatic heterocycles. The summed E-state index contributed by atoms with van der Waals surface area (Å²) in [5.74, 6) is 0.834. The van der Waals surface area contributed by atoms with Crippen molar-refractivity contribution in [1.82, 2.24) is 0 Å². The van der Waals surface area contributed by atoms with E-state index in [0.717, 1.165) is 49.5 Å². The normalized spacial score (nSPS) is 16.5. The average molecular weight is 390 g/mol. The Balaban J connectivity index is 1.85. The van der Waals surface area contributed by atoms with Crippen LogP contribution in [0.25, 0.3) is 0 Å². The zero-order valence-electron chi connectivity index (χ0n) is 18.0. The molecular weight excluding hydrogens is 350 g/mol. The van der Waals surface area contributed by atoms with Crippen molar-refractivity contribution in [2.45, 2.75) is 103 Å². The molecular formula is C24H39NO3. The quantitative estimate of drug-likeness (QED) is 0.393. The van der Waals surface area contributed by atoms with E-state index in [1.54, 1.807) is 0 Å².